The van der Waals surface area contributed by atoms with Gasteiger partial charge in [0.15, 0.2) is 0 Å². The lowest BCUT2D eigenvalue weighted by molar-refractivity contribution is -0.136. The number of ether oxygens (including phenoxy) is 1. The van der Waals surface area contributed by atoms with Crippen molar-refractivity contribution >= 4 is 5.91 Å². The number of aryl methyl sites for hydroxylation is 1. The first-order valence-electron chi connectivity index (χ1n) is 8.48. The van der Waals surface area contributed by atoms with Crippen LogP contribution in [-0.2, 0) is 16.1 Å². The topological polar surface area (TPSA) is 60.2 Å². The second-order valence-electron chi connectivity index (χ2n) is 6.07. The highest BCUT2D eigenvalue weighted by Gasteiger charge is 2.24. The van der Waals surface area contributed by atoms with Crippen molar-refractivity contribution in [1.82, 2.24) is 19.7 Å². The number of likely N-dealkylation sites (tertiary alicyclic amines) is 1. The summed E-state index contributed by atoms with van der Waals surface area (Å²) in [5.74, 6) is 0.471. The van der Waals surface area contributed by atoms with Crippen molar-refractivity contribution < 1.29 is 9.53 Å². The lowest BCUT2D eigenvalue weighted by atomic mass is 9.92. The second-order valence-corrected chi connectivity index (χ2v) is 6.07. The molecule has 128 valence electrons. The van der Waals surface area contributed by atoms with E-state index < -0.39 is 0 Å². The molecule has 0 aromatic carbocycles. The maximum Gasteiger partial charge on any atom is 0.248 e. The van der Waals surface area contributed by atoms with Crippen LogP contribution >= 0.6 is 0 Å². The molecule has 3 rings (SSSR count). The molecule has 1 aliphatic heterocycles. The number of aromatic nitrogens is 3. The summed E-state index contributed by atoms with van der Waals surface area (Å²) >= 11 is 0. The van der Waals surface area contributed by atoms with E-state index in [0.29, 0.717) is 5.92 Å². The minimum Gasteiger partial charge on any atom is -0.375 e. The van der Waals surface area contributed by atoms with Crippen LogP contribution < -0.4 is 0 Å². The van der Waals surface area contributed by atoms with Crippen molar-refractivity contribution in [3.05, 3.63) is 36.2 Å². The summed E-state index contributed by atoms with van der Waals surface area (Å²) in [4.78, 5) is 18.6. The van der Waals surface area contributed by atoms with Crippen LogP contribution in [0.25, 0.3) is 11.4 Å². The predicted octanol–water partition coefficient (Wildman–Crippen LogP) is 2.32. The van der Waals surface area contributed by atoms with Gasteiger partial charge < -0.3 is 9.64 Å². The maximum absolute atomic E-state index is 11.9. The minimum atomic E-state index is 0.0736. The van der Waals surface area contributed by atoms with Crippen molar-refractivity contribution in [1.29, 1.82) is 0 Å². The molecule has 0 bridgehead atoms. The fourth-order valence-electron chi connectivity index (χ4n) is 3.26. The smallest absolute Gasteiger partial charge is 0.248 e. The average Bonchev–Trinajstić information content (AvgIpc) is 3.11. The van der Waals surface area contributed by atoms with Gasteiger partial charge in [0.05, 0.1) is 11.4 Å². The normalized spacial score (nSPS) is 15.7. The van der Waals surface area contributed by atoms with Crippen LogP contribution in [0.15, 0.2) is 30.5 Å². The molecule has 1 aliphatic rings. The second kappa shape index (κ2) is 7.57. The van der Waals surface area contributed by atoms with Crippen LogP contribution in [0, 0.1) is 0 Å². The zero-order valence-corrected chi connectivity index (χ0v) is 14.3. The van der Waals surface area contributed by atoms with Gasteiger partial charge in [-0.3, -0.25) is 14.5 Å². The van der Waals surface area contributed by atoms with Gasteiger partial charge in [0.1, 0.15) is 6.61 Å². The van der Waals surface area contributed by atoms with Gasteiger partial charge in [-0.2, -0.15) is 5.10 Å². The van der Waals surface area contributed by atoms with E-state index in [2.05, 4.69) is 24.2 Å². The van der Waals surface area contributed by atoms with E-state index in [-0.39, 0.29) is 12.5 Å². The standard InChI is InChI=1S/C18H24N4O2/c1-3-22-17(7-10-19-22)16-6-4-5-15(20-16)14-8-11-21(12-9-14)18(23)13-24-2/h4-7,10,14H,3,8-9,11-13H2,1-2H3. The Bertz CT molecular complexity index is 690. The number of amides is 1. The van der Waals surface area contributed by atoms with Crippen LogP contribution in [0.3, 0.4) is 0 Å². The van der Waals surface area contributed by atoms with E-state index in [1.807, 2.05) is 27.9 Å². The van der Waals surface area contributed by atoms with Crippen LogP contribution in [0.2, 0.25) is 0 Å². The third-order valence-electron chi connectivity index (χ3n) is 4.58. The Hall–Kier alpha value is -2.21. The number of nitrogens with zero attached hydrogens (tertiary/aromatic N) is 4. The monoisotopic (exact) mass is 328 g/mol. The molecule has 1 amide bonds. The van der Waals surface area contributed by atoms with Crippen LogP contribution in [0.5, 0.6) is 0 Å². The fraction of sp³-hybridized carbons (Fsp3) is 0.500. The molecule has 0 N–H and O–H groups in total. The van der Waals surface area contributed by atoms with Crippen molar-refractivity contribution in [2.75, 3.05) is 26.8 Å². The Kier molecular flexibility index (Phi) is 5.25. The van der Waals surface area contributed by atoms with E-state index in [1.54, 1.807) is 7.11 Å². The van der Waals surface area contributed by atoms with Crippen molar-refractivity contribution in [2.45, 2.75) is 32.2 Å². The SMILES string of the molecule is CCn1nccc1-c1cccc(C2CCN(C(=O)COC)CC2)n1. The maximum atomic E-state index is 11.9. The number of carbonyl (C=O) groups excluding carboxylic acids is 1. The molecule has 2 aromatic rings. The molecule has 24 heavy (non-hydrogen) atoms. The van der Waals surface area contributed by atoms with E-state index >= 15 is 0 Å². The number of pyridine rings is 1. The largest absolute Gasteiger partial charge is 0.375 e. The van der Waals surface area contributed by atoms with E-state index in [9.17, 15) is 4.79 Å². The van der Waals surface area contributed by atoms with Gasteiger partial charge in [0, 0.05) is 44.6 Å². The first kappa shape index (κ1) is 16.6. The first-order chi connectivity index (χ1) is 11.7. The summed E-state index contributed by atoms with van der Waals surface area (Å²) in [7, 11) is 1.56. The Morgan fingerprint density at radius 1 is 1.29 bits per heavy atom. The van der Waals surface area contributed by atoms with Gasteiger partial charge in [0.25, 0.3) is 0 Å². The molecule has 2 aromatic heterocycles. The quantitative estimate of drug-likeness (QED) is 0.845. The van der Waals surface area contributed by atoms with Crippen LogP contribution in [0.1, 0.15) is 31.4 Å². The van der Waals surface area contributed by atoms with Crippen LogP contribution in [0.4, 0.5) is 0 Å². The zero-order valence-electron chi connectivity index (χ0n) is 14.3. The molecular weight excluding hydrogens is 304 g/mol. The third-order valence-corrected chi connectivity index (χ3v) is 4.58. The molecule has 3 heterocycles. The average molecular weight is 328 g/mol. The number of carbonyl (C=O) groups is 1. The molecule has 0 unspecified atom stereocenters. The Morgan fingerprint density at radius 3 is 2.79 bits per heavy atom. The Balaban J connectivity index is 1.71. The molecule has 1 saturated heterocycles. The van der Waals surface area contributed by atoms with Crippen molar-refractivity contribution in [2.24, 2.45) is 0 Å². The lowest BCUT2D eigenvalue weighted by Crippen LogP contribution is -2.39. The molecular formula is C18H24N4O2. The number of rotatable bonds is 5. The highest BCUT2D eigenvalue weighted by Crippen LogP contribution is 2.28. The predicted molar refractivity (Wildman–Crippen MR) is 91.6 cm³/mol. The summed E-state index contributed by atoms with van der Waals surface area (Å²) in [6.07, 6.45) is 3.70. The lowest BCUT2D eigenvalue weighted by Gasteiger charge is -2.31. The van der Waals surface area contributed by atoms with Gasteiger partial charge in [-0.15, -0.1) is 0 Å². The molecule has 0 saturated carbocycles. The highest BCUT2D eigenvalue weighted by atomic mass is 16.5. The molecule has 0 spiro atoms. The van der Waals surface area contributed by atoms with Gasteiger partial charge in [0.2, 0.25) is 5.91 Å². The Labute approximate surface area is 142 Å². The van der Waals surface area contributed by atoms with Crippen molar-refractivity contribution in [3.8, 4) is 11.4 Å². The van der Waals surface area contributed by atoms with E-state index in [0.717, 1.165) is 49.6 Å². The molecule has 1 fully saturated rings. The van der Waals surface area contributed by atoms with Crippen LogP contribution in [-0.4, -0.2) is 52.4 Å². The molecule has 0 radical (unpaired) electrons. The zero-order chi connectivity index (χ0) is 16.9. The summed E-state index contributed by atoms with van der Waals surface area (Å²) in [5, 5.41) is 4.32. The minimum absolute atomic E-state index is 0.0736. The number of piperidine rings is 1. The summed E-state index contributed by atoms with van der Waals surface area (Å²) < 4.78 is 6.89. The summed E-state index contributed by atoms with van der Waals surface area (Å²) in [5.41, 5.74) is 3.12. The molecule has 0 atom stereocenters. The van der Waals surface area contributed by atoms with Gasteiger partial charge in [-0.25, -0.2) is 0 Å². The first-order valence-corrected chi connectivity index (χ1v) is 8.48. The third kappa shape index (κ3) is 3.48. The van der Waals surface area contributed by atoms with Gasteiger partial charge in [-0.05, 0) is 38.0 Å². The molecule has 6 nitrogen and oxygen atoms in total. The van der Waals surface area contributed by atoms with Gasteiger partial charge >= 0.3 is 0 Å². The Morgan fingerprint density at radius 2 is 2.08 bits per heavy atom. The van der Waals surface area contributed by atoms with E-state index in [4.69, 9.17) is 9.72 Å². The van der Waals surface area contributed by atoms with Gasteiger partial charge in [-0.1, -0.05) is 6.07 Å². The van der Waals surface area contributed by atoms with E-state index in [1.165, 1.54) is 0 Å². The number of methoxy groups -OCH3 is 1. The number of hydrogen-bond donors (Lipinski definition) is 0. The van der Waals surface area contributed by atoms with Crippen molar-refractivity contribution in [3.63, 3.8) is 0 Å². The summed E-state index contributed by atoms with van der Waals surface area (Å²) in [6.45, 7) is 4.61. The highest BCUT2D eigenvalue weighted by molar-refractivity contribution is 5.77. The molecule has 6 heteroatoms. The fourth-order valence-corrected chi connectivity index (χ4v) is 3.26. The molecule has 0 aliphatic carbocycles. The summed E-state index contributed by atoms with van der Waals surface area (Å²) in [6, 6.07) is 8.19. The number of hydrogen-bond acceptors (Lipinski definition) is 4.